The van der Waals surface area contributed by atoms with Crippen LogP contribution in [0.4, 0.5) is 11.5 Å². The molecule has 0 radical (unpaired) electrons. The number of benzene rings is 1. The molecule has 1 aromatic carbocycles. The third-order valence-electron chi connectivity index (χ3n) is 5.97. The first-order valence-corrected chi connectivity index (χ1v) is 10.9. The van der Waals surface area contributed by atoms with Crippen molar-refractivity contribution in [2.45, 2.75) is 20.4 Å². The molecule has 1 aliphatic heterocycles. The first-order chi connectivity index (χ1) is 15.5. The lowest BCUT2D eigenvalue weighted by Crippen LogP contribution is -2.47. The van der Waals surface area contributed by atoms with Crippen LogP contribution in [0.25, 0.3) is 16.6 Å². The number of aromatic nitrogens is 5. The fourth-order valence-electron chi connectivity index (χ4n) is 4.31. The molecule has 1 saturated heterocycles. The fourth-order valence-corrected chi connectivity index (χ4v) is 4.31. The Bertz CT molecular complexity index is 1340. The lowest BCUT2D eigenvalue weighted by molar-refractivity contribution is 0.186. The van der Waals surface area contributed by atoms with Crippen LogP contribution in [-0.4, -0.2) is 64.0 Å². The zero-order valence-electron chi connectivity index (χ0n) is 18.7. The number of hydrogen-bond acceptors (Lipinski definition) is 7. The van der Waals surface area contributed by atoms with E-state index in [1.807, 2.05) is 42.6 Å². The number of fused-ring (bicyclic) bond motifs is 2. The van der Waals surface area contributed by atoms with Crippen molar-refractivity contribution in [3.63, 3.8) is 0 Å². The minimum Gasteiger partial charge on any atom is -0.383 e. The van der Waals surface area contributed by atoms with Gasteiger partial charge in [0.15, 0.2) is 5.65 Å². The normalized spacial score (nSPS) is 14.6. The predicted octanol–water partition coefficient (Wildman–Crippen LogP) is 2.03. The fraction of sp³-hybridized carbons (Fsp3) is 0.391. The maximum atomic E-state index is 12.7. The van der Waals surface area contributed by atoms with Crippen LogP contribution in [0, 0.1) is 13.8 Å². The molecule has 1 fully saturated rings. The summed E-state index contributed by atoms with van der Waals surface area (Å²) in [7, 11) is 1.63. The Morgan fingerprint density at radius 1 is 1.00 bits per heavy atom. The maximum absolute atomic E-state index is 12.7. The van der Waals surface area contributed by atoms with Crippen molar-refractivity contribution in [1.82, 2.24) is 24.1 Å². The van der Waals surface area contributed by atoms with E-state index in [0.29, 0.717) is 18.5 Å². The lowest BCUT2D eigenvalue weighted by Gasteiger charge is -2.37. The molecule has 0 aliphatic carbocycles. The summed E-state index contributed by atoms with van der Waals surface area (Å²) < 4.78 is 8.61. The van der Waals surface area contributed by atoms with E-state index < -0.39 is 0 Å². The van der Waals surface area contributed by atoms with E-state index >= 15 is 0 Å². The molecule has 0 bridgehead atoms. The number of methoxy groups -OCH3 is 1. The van der Waals surface area contributed by atoms with Crippen LogP contribution < -0.4 is 15.4 Å². The van der Waals surface area contributed by atoms with Gasteiger partial charge in [-0.15, -0.1) is 0 Å². The number of nitrogens with zero attached hydrogens (tertiary/aromatic N) is 7. The third kappa shape index (κ3) is 3.69. The molecule has 5 rings (SSSR count). The highest BCUT2D eigenvalue weighted by Crippen LogP contribution is 2.24. The number of rotatable bonds is 5. The molecule has 9 heteroatoms. The van der Waals surface area contributed by atoms with Gasteiger partial charge in [0.1, 0.15) is 5.82 Å². The number of hydrogen-bond donors (Lipinski definition) is 0. The monoisotopic (exact) mass is 433 g/mol. The van der Waals surface area contributed by atoms with E-state index in [2.05, 4.69) is 30.9 Å². The largest absolute Gasteiger partial charge is 0.383 e. The van der Waals surface area contributed by atoms with E-state index in [1.165, 1.54) is 0 Å². The van der Waals surface area contributed by atoms with Crippen LogP contribution in [0.1, 0.15) is 11.4 Å². The SMILES string of the molecule is COCCn1cnc2cc(N3CCN(c4cc(C)nc5cc(C)nn45)CC3)ccc2c1=O. The lowest BCUT2D eigenvalue weighted by atomic mass is 10.2. The zero-order chi connectivity index (χ0) is 22.2. The third-order valence-corrected chi connectivity index (χ3v) is 5.97. The molecule has 9 nitrogen and oxygen atoms in total. The van der Waals surface area contributed by atoms with E-state index in [1.54, 1.807) is 18.0 Å². The second-order valence-electron chi connectivity index (χ2n) is 8.22. The first-order valence-electron chi connectivity index (χ1n) is 10.9. The number of aryl methyl sites for hydroxylation is 2. The van der Waals surface area contributed by atoms with Crippen LogP contribution in [0.3, 0.4) is 0 Å². The summed E-state index contributed by atoms with van der Waals surface area (Å²) in [6.45, 7) is 8.50. The molecule has 0 saturated carbocycles. The molecule has 0 spiro atoms. The topological polar surface area (TPSA) is 80.8 Å². The van der Waals surface area contributed by atoms with Gasteiger partial charge >= 0.3 is 0 Å². The van der Waals surface area contributed by atoms with Gasteiger partial charge in [0.05, 0.1) is 36.1 Å². The van der Waals surface area contributed by atoms with Gasteiger partial charge in [-0.2, -0.15) is 9.61 Å². The molecular weight excluding hydrogens is 406 g/mol. The Morgan fingerprint density at radius 2 is 1.78 bits per heavy atom. The molecule has 0 unspecified atom stereocenters. The van der Waals surface area contributed by atoms with E-state index in [-0.39, 0.29) is 5.56 Å². The second kappa shape index (κ2) is 8.23. The average Bonchev–Trinajstić information content (AvgIpc) is 3.18. The molecule has 0 amide bonds. The Morgan fingerprint density at radius 3 is 2.56 bits per heavy atom. The number of piperazine rings is 1. The van der Waals surface area contributed by atoms with Crippen molar-refractivity contribution in [3.8, 4) is 0 Å². The smallest absolute Gasteiger partial charge is 0.261 e. The number of ether oxygens (including phenoxy) is 1. The summed E-state index contributed by atoms with van der Waals surface area (Å²) in [5, 5.41) is 5.26. The van der Waals surface area contributed by atoms with Crippen LogP contribution in [-0.2, 0) is 11.3 Å². The summed E-state index contributed by atoms with van der Waals surface area (Å²) in [6, 6.07) is 10.0. The molecule has 4 aromatic rings. The summed E-state index contributed by atoms with van der Waals surface area (Å²) in [6.07, 6.45) is 1.61. The molecule has 1 aliphatic rings. The summed E-state index contributed by atoms with van der Waals surface area (Å²) in [5.41, 5.74) is 4.62. The van der Waals surface area contributed by atoms with Gasteiger partial charge in [0.25, 0.3) is 5.56 Å². The second-order valence-corrected chi connectivity index (χ2v) is 8.22. The van der Waals surface area contributed by atoms with Crippen molar-refractivity contribution in [1.29, 1.82) is 0 Å². The van der Waals surface area contributed by atoms with E-state index in [0.717, 1.165) is 60.2 Å². The van der Waals surface area contributed by atoms with Crippen LogP contribution in [0.15, 0.2) is 41.5 Å². The van der Waals surface area contributed by atoms with Crippen molar-refractivity contribution < 1.29 is 4.74 Å². The Hall–Kier alpha value is -3.46. The van der Waals surface area contributed by atoms with Gasteiger partial charge in [0, 0.05) is 56.8 Å². The van der Waals surface area contributed by atoms with Crippen molar-refractivity contribution in [3.05, 3.63) is 58.4 Å². The molecule has 166 valence electrons. The van der Waals surface area contributed by atoms with Gasteiger partial charge in [-0.3, -0.25) is 9.36 Å². The van der Waals surface area contributed by atoms with Gasteiger partial charge in [-0.05, 0) is 32.0 Å². The summed E-state index contributed by atoms with van der Waals surface area (Å²) in [5.74, 6) is 1.08. The van der Waals surface area contributed by atoms with Crippen LogP contribution in [0.5, 0.6) is 0 Å². The van der Waals surface area contributed by atoms with Gasteiger partial charge < -0.3 is 14.5 Å². The highest BCUT2D eigenvalue weighted by molar-refractivity contribution is 5.81. The highest BCUT2D eigenvalue weighted by Gasteiger charge is 2.21. The first kappa shape index (κ1) is 20.4. The molecule has 3 aromatic heterocycles. The zero-order valence-corrected chi connectivity index (χ0v) is 18.7. The Balaban J connectivity index is 1.36. The van der Waals surface area contributed by atoms with Crippen molar-refractivity contribution in [2.75, 3.05) is 49.7 Å². The van der Waals surface area contributed by atoms with Gasteiger partial charge in [-0.25, -0.2) is 9.97 Å². The summed E-state index contributed by atoms with van der Waals surface area (Å²) >= 11 is 0. The quantitative estimate of drug-likeness (QED) is 0.476. The Kier molecular flexibility index (Phi) is 5.26. The molecule has 0 N–H and O–H groups in total. The van der Waals surface area contributed by atoms with Crippen LogP contribution in [0.2, 0.25) is 0 Å². The van der Waals surface area contributed by atoms with Crippen molar-refractivity contribution in [2.24, 2.45) is 0 Å². The molecule has 4 heterocycles. The maximum Gasteiger partial charge on any atom is 0.261 e. The Labute approximate surface area is 185 Å². The van der Waals surface area contributed by atoms with Gasteiger partial charge in [0.2, 0.25) is 0 Å². The molecule has 0 atom stereocenters. The highest BCUT2D eigenvalue weighted by atomic mass is 16.5. The average molecular weight is 434 g/mol. The minimum atomic E-state index is -0.0324. The molecule has 32 heavy (non-hydrogen) atoms. The number of anilines is 2. The van der Waals surface area contributed by atoms with E-state index in [9.17, 15) is 4.79 Å². The standard InChI is InChI=1S/C23H27N7O2/c1-16-13-22(30-21(25-16)12-17(2)26-30)28-8-6-27(7-9-28)18-4-5-19-20(14-18)24-15-29(23(19)31)10-11-32-3/h4-5,12-15H,6-11H2,1-3H3. The minimum absolute atomic E-state index is 0.0324. The van der Waals surface area contributed by atoms with Crippen molar-refractivity contribution >= 4 is 28.1 Å². The predicted molar refractivity (Wildman–Crippen MR) is 125 cm³/mol. The van der Waals surface area contributed by atoms with E-state index in [4.69, 9.17) is 4.74 Å². The summed E-state index contributed by atoms with van der Waals surface area (Å²) in [4.78, 5) is 26.5. The molecular formula is C23H27N7O2. The van der Waals surface area contributed by atoms with Gasteiger partial charge in [-0.1, -0.05) is 0 Å². The van der Waals surface area contributed by atoms with Crippen LogP contribution >= 0.6 is 0 Å².